The molecule has 0 radical (unpaired) electrons. The second-order valence-corrected chi connectivity index (χ2v) is 16.3. The van der Waals surface area contributed by atoms with Crippen molar-refractivity contribution in [3.63, 3.8) is 0 Å². The molecule has 3 aliphatic heterocycles. The van der Waals surface area contributed by atoms with Crippen LogP contribution in [0.3, 0.4) is 0 Å². The van der Waals surface area contributed by atoms with Crippen molar-refractivity contribution in [3.05, 3.63) is 33.9 Å². The summed E-state index contributed by atoms with van der Waals surface area (Å²) in [5.74, 6) is -8.13. The van der Waals surface area contributed by atoms with Gasteiger partial charge in [-0.2, -0.15) is 0 Å². The highest BCUT2D eigenvalue weighted by molar-refractivity contribution is 5.95. The van der Waals surface area contributed by atoms with E-state index in [0.717, 1.165) is 44.4 Å². The zero-order valence-electron chi connectivity index (χ0n) is 36.6. The van der Waals surface area contributed by atoms with Crippen molar-refractivity contribution in [2.24, 2.45) is 0 Å². The van der Waals surface area contributed by atoms with E-state index in [1.54, 1.807) is 0 Å². The Morgan fingerprint density at radius 2 is 1.52 bits per heavy atom. The molecule has 0 aromatic heterocycles. The Morgan fingerprint density at radius 3 is 2.10 bits per heavy atom. The molecule has 4 rings (SSSR count). The van der Waals surface area contributed by atoms with Gasteiger partial charge in [-0.3, -0.25) is 24.5 Å². The van der Waals surface area contributed by atoms with Gasteiger partial charge in [0.05, 0.1) is 44.0 Å². The molecule has 380 valence electrons. The molecule has 1 aromatic rings. The molecule has 13 N–H and O–H groups in total. The molecule has 3 heterocycles. The van der Waals surface area contributed by atoms with Crippen molar-refractivity contribution in [2.45, 2.75) is 156 Å². The van der Waals surface area contributed by atoms with Crippen LogP contribution < -0.4 is 10.6 Å². The van der Waals surface area contributed by atoms with Gasteiger partial charge < -0.3 is 100.0 Å². The van der Waals surface area contributed by atoms with Crippen molar-refractivity contribution in [3.8, 4) is 5.75 Å². The summed E-state index contributed by atoms with van der Waals surface area (Å²) in [6.07, 6.45) is -22.3. The van der Waals surface area contributed by atoms with Crippen LogP contribution in [-0.4, -0.2) is 216 Å². The predicted molar refractivity (Wildman–Crippen MR) is 218 cm³/mol. The fraction of sp³-hybridized carbons (Fsp3) is 0.750. The molecular weight excluding hydrogens is 906 g/mol. The molecule has 0 spiro atoms. The van der Waals surface area contributed by atoms with E-state index in [1.807, 2.05) is 0 Å². The Morgan fingerprint density at radius 1 is 0.881 bits per heavy atom. The minimum absolute atomic E-state index is 0.0159. The molecule has 3 fully saturated rings. The van der Waals surface area contributed by atoms with Crippen LogP contribution in [0.15, 0.2) is 18.2 Å². The van der Waals surface area contributed by atoms with E-state index in [-0.39, 0.29) is 24.6 Å². The first-order chi connectivity index (χ1) is 31.7. The zero-order chi connectivity index (χ0) is 49.7. The van der Waals surface area contributed by atoms with Crippen molar-refractivity contribution in [1.82, 2.24) is 10.6 Å². The first-order valence-corrected chi connectivity index (χ1v) is 21.4. The molecule has 67 heavy (non-hydrogen) atoms. The summed E-state index contributed by atoms with van der Waals surface area (Å²) in [4.78, 5) is 60.2. The molecule has 0 aliphatic carbocycles. The van der Waals surface area contributed by atoms with Gasteiger partial charge in [-0.25, -0.2) is 4.79 Å². The number of nitro benzene ring substituents is 1. The van der Waals surface area contributed by atoms with Gasteiger partial charge in [0.15, 0.2) is 18.3 Å². The second-order valence-electron chi connectivity index (χ2n) is 16.3. The minimum Gasteiger partial charge on any atom is -0.502 e. The number of amides is 2. The highest BCUT2D eigenvalue weighted by Crippen LogP contribution is 2.38. The van der Waals surface area contributed by atoms with E-state index in [1.165, 1.54) is 7.11 Å². The molecule has 0 bridgehead atoms. The normalized spacial score (nSPS) is 33.0. The number of phenols is 1. The number of carboxylic acids is 1. The van der Waals surface area contributed by atoms with Crippen LogP contribution in [0.5, 0.6) is 5.75 Å². The molecule has 3 saturated heterocycles. The van der Waals surface area contributed by atoms with Gasteiger partial charge >= 0.3 is 17.6 Å². The predicted octanol–water partition coefficient (Wildman–Crippen LogP) is -4.24. The Kier molecular flexibility index (Phi) is 20.9. The summed E-state index contributed by atoms with van der Waals surface area (Å²) in [7, 11) is 1.30. The fourth-order valence-corrected chi connectivity index (χ4v) is 7.89. The number of nitro groups is 1. The van der Waals surface area contributed by atoms with Gasteiger partial charge in [-0.1, -0.05) is 25.7 Å². The molecule has 0 saturated carbocycles. The van der Waals surface area contributed by atoms with E-state index < -0.39 is 158 Å². The van der Waals surface area contributed by atoms with Crippen LogP contribution in [0.25, 0.3) is 0 Å². The van der Waals surface area contributed by atoms with Crippen molar-refractivity contribution < 1.29 is 113 Å². The van der Waals surface area contributed by atoms with E-state index in [4.69, 9.17) is 28.4 Å². The number of carboxylic acid groups (broad SMARTS) is 1. The lowest BCUT2D eigenvalue weighted by Gasteiger charge is -2.51. The number of aromatic hydroxyl groups is 1. The number of unbranched alkanes of at least 4 members (excludes halogenated alkanes) is 5. The first kappa shape index (κ1) is 55.3. The third-order valence-electron chi connectivity index (χ3n) is 11.5. The quantitative estimate of drug-likeness (QED) is 0.0202. The lowest BCUT2D eigenvalue weighted by atomic mass is 9.88. The molecule has 3 aliphatic rings. The molecule has 27 heteroatoms. The number of nitrogens with zero attached hydrogens (tertiary/aromatic N) is 1. The summed E-state index contributed by atoms with van der Waals surface area (Å²) in [6, 6.07) is -0.570. The number of carbonyl (C=O) groups excluding carboxylic acids is 3. The van der Waals surface area contributed by atoms with Gasteiger partial charge in [0.25, 0.3) is 11.7 Å². The molecule has 27 nitrogen and oxygen atoms in total. The third-order valence-corrected chi connectivity index (χ3v) is 11.5. The molecule has 16 atom stereocenters. The van der Waals surface area contributed by atoms with Gasteiger partial charge in [0.1, 0.15) is 67.1 Å². The van der Waals surface area contributed by atoms with Crippen LogP contribution in [0.4, 0.5) is 5.69 Å². The summed E-state index contributed by atoms with van der Waals surface area (Å²) in [5.41, 5.74) is -1.03. The van der Waals surface area contributed by atoms with Crippen LogP contribution in [-0.2, 0) is 47.5 Å². The average molecular weight is 968 g/mol. The van der Waals surface area contributed by atoms with Crippen molar-refractivity contribution in [1.29, 1.82) is 0 Å². The smallest absolute Gasteiger partial charge is 0.364 e. The lowest BCUT2D eigenvalue weighted by molar-refractivity contribution is -0.385. The Hall–Kier alpha value is -4.30. The standard InChI is InChI=1S/C40H61N3O24/c1-18(47)41-27-22(49)14-40(39(57)58,66-34(27)29(52)23(50)15-44)67-35-30(53)24(16-45)63-38(32(35)55)65-33-25(17-46)64-37(62-12-8-6-4-3-5-7-9-26(51)61-2)28(31(33)54)42-36(56)19-10-11-20(43(59)60)21(48)13-19/h10-11,13,22-25,27-35,37-38,44-46,48-50,52-55H,3-9,12,14-17H2,1-2H3,(H,41,47)(H,42,56)(H,57,58)/t22?,23?,24?,25?,27-,28?,29?,30-,31?,32?,33+,34?,35?,37-,38?,40+/m1/s1. The van der Waals surface area contributed by atoms with E-state index >= 15 is 0 Å². The number of aliphatic hydroxyl groups excluding tert-OH is 9. The number of nitrogens with one attached hydrogen (secondary N) is 2. The highest BCUT2D eigenvalue weighted by Gasteiger charge is 2.60. The number of rotatable bonds is 24. The van der Waals surface area contributed by atoms with Crippen molar-refractivity contribution >= 4 is 29.4 Å². The molecular formula is C40H61N3O24. The van der Waals surface area contributed by atoms with E-state index in [2.05, 4.69) is 15.4 Å². The number of esters is 1. The summed E-state index contributed by atoms with van der Waals surface area (Å²) < 4.78 is 39.4. The maximum absolute atomic E-state index is 13.5. The van der Waals surface area contributed by atoms with E-state index in [0.29, 0.717) is 19.3 Å². The Labute approximate surface area is 382 Å². The number of hydrogen-bond donors (Lipinski definition) is 13. The Balaban J connectivity index is 1.59. The zero-order valence-corrected chi connectivity index (χ0v) is 36.6. The topological polar surface area (TPSA) is 423 Å². The summed E-state index contributed by atoms with van der Waals surface area (Å²) in [5, 5.41) is 134. The number of hydrogen-bond acceptors (Lipinski definition) is 23. The summed E-state index contributed by atoms with van der Waals surface area (Å²) in [6.45, 7) is -2.07. The second kappa shape index (κ2) is 25.3. The highest BCUT2D eigenvalue weighted by atomic mass is 16.8. The van der Waals surface area contributed by atoms with Crippen LogP contribution >= 0.6 is 0 Å². The number of phenolic OH excluding ortho intramolecular Hbond substituents is 1. The average Bonchev–Trinajstić information content (AvgIpc) is 3.29. The number of aliphatic carboxylic acids is 1. The SMILES string of the molecule is COC(=O)CCCCCCCCO[C@@H]1OC(CO)[C@H](OC2OC(CO)[C@@H](O)C(O[C@]3(C(=O)O)CC(O)[C@@H](NC(C)=O)C(C(O)C(O)CO)O3)C2O)C(O)C1NC(=O)c1ccc([N+](=O)[O-])c(O)c1. The van der Waals surface area contributed by atoms with Crippen molar-refractivity contribution in [2.75, 3.05) is 33.5 Å². The van der Waals surface area contributed by atoms with Crippen LogP contribution in [0, 0.1) is 10.1 Å². The maximum Gasteiger partial charge on any atom is 0.364 e. The number of aliphatic hydroxyl groups is 9. The lowest BCUT2D eigenvalue weighted by Crippen LogP contribution is -2.71. The molecule has 11 unspecified atom stereocenters. The Bertz CT molecular complexity index is 1810. The number of methoxy groups -OCH3 is 1. The van der Waals surface area contributed by atoms with Gasteiger partial charge in [0.2, 0.25) is 5.91 Å². The number of benzene rings is 1. The summed E-state index contributed by atoms with van der Waals surface area (Å²) >= 11 is 0. The van der Waals surface area contributed by atoms with E-state index in [9.17, 15) is 85.5 Å². The van der Waals surface area contributed by atoms with Crippen LogP contribution in [0.2, 0.25) is 0 Å². The number of carbonyl (C=O) groups is 4. The van der Waals surface area contributed by atoms with Gasteiger partial charge in [-0.15, -0.1) is 0 Å². The third kappa shape index (κ3) is 13.9. The monoisotopic (exact) mass is 967 g/mol. The molecule has 2 amide bonds. The largest absolute Gasteiger partial charge is 0.502 e. The minimum atomic E-state index is -3.12. The van der Waals surface area contributed by atoms with Gasteiger partial charge in [-0.05, 0) is 25.0 Å². The molecule has 1 aromatic carbocycles. The number of ether oxygens (including phenoxy) is 7. The fourth-order valence-electron chi connectivity index (χ4n) is 7.89. The maximum atomic E-state index is 13.5. The first-order valence-electron chi connectivity index (χ1n) is 21.4. The van der Waals surface area contributed by atoms with Gasteiger partial charge in [0, 0.05) is 38.0 Å². The van der Waals surface area contributed by atoms with Crippen LogP contribution in [0.1, 0.15) is 68.6 Å².